The Morgan fingerprint density at radius 2 is 2.25 bits per heavy atom. The van der Waals surface area contributed by atoms with E-state index in [1.54, 1.807) is 6.92 Å². The van der Waals surface area contributed by atoms with Crippen LogP contribution < -0.4 is 0 Å². The summed E-state index contributed by atoms with van der Waals surface area (Å²) >= 11 is 0. The van der Waals surface area contributed by atoms with Gasteiger partial charge in [0.15, 0.2) is 5.82 Å². The Bertz CT molecular complexity index is 460. The monoisotopic (exact) mass is 282 g/mol. The molecule has 7 nitrogen and oxygen atoms in total. The van der Waals surface area contributed by atoms with Gasteiger partial charge in [-0.25, -0.2) is 0 Å². The first kappa shape index (κ1) is 14.9. The molecule has 1 amide bonds. The first-order chi connectivity index (χ1) is 9.47. The maximum atomic E-state index is 12.1. The highest BCUT2D eigenvalue weighted by Crippen LogP contribution is 2.19. The molecule has 1 saturated heterocycles. The predicted molar refractivity (Wildman–Crippen MR) is 71.9 cm³/mol. The highest BCUT2D eigenvalue weighted by Gasteiger charge is 2.33. The van der Waals surface area contributed by atoms with Crippen molar-refractivity contribution in [3.05, 3.63) is 11.7 Å². The van der Waals surface area contributed by atoms with Gasteiger partial charge in [0, 0.05) is 19.1 Å². The molecule has 7 heteroatoms. The van der Waals surface area contributed by atoms with Crippen LogP contribution in [0.1, 0.15) is 18.6 Å². The maximum Gasteiger partial charge on any atom is 0.252 e. The van der Waals surface area contributed by atoms with Crippen LogP contribution in [0, 0.1) is 12.8 Å². The molecule has 0 bridgehead atoms. The molecule has 1 fully saturated rings. The Morgan fingerprint density at radius 1 is 1.50 bits per heavy atom. The molecule has 2 rings (SSSR count). The van der Waals surface area contributed by atoms with Gasteiger partial charge in [-0.05, 0) is 26.9 Å². The second-order valence-corrected chi connectivity index (χ2v) is 5.54. The van der Waals surface area contributed by atoms with Crippen molar-refractivity contribution in [3.8, 4) is 0 Å². The van der Waals surface area contributed by atoms with Crippen molar-refractivity contribution in [2.45, 2.75) is 26.5 Å². The summed E-state index contributed by atoms with van der Waals surface area (Å²) in [6, 6.07) is 0.414. The largest absolute Gasteiger partial charge is 0.362 e. The molecule has 112 valence electrons. The number of rotatable bonds is 5. The predicted octanol–water partition coefficient (Wildman–Crippen LogP) is 0.303. The lowest BCUT2D eigenvalue weighted by molar-refractivity contribution is -0.136. The Balaban J connectivity index is 1.75. The van der Waals surface area contributed by atoms with E-state index in [1.807, 2.05) is 19.0 Å². The highest BCUT2D eigenvalue weighted by molar-refractivity contribution is 5.77. The van der Waals surface area contributed by atoms with E-state index >= 15 is 0 Å². The molecule has 0 aromatic carbocycles. The number of likely N-dealkylation sites (N-methyl/N-ethyl adjacent to an activating group) is 1. The molecule has 1 aliphatic heterocycles. The lowest BCUT2D eigenvalue weighted by Crippen LogP contribution is -2.36. The van der Waals surface area contributed by atoms with E-state index in [-0.39, 0.29) is 19.1 Å². The van der Waals surface area contributed by atoms with Gasteiger partial charge in [-0.15, -0.1) is 0 Å². The number of aromatic nitrogens is 2. The number of carbonyl (C=O) groups is 1. The number of carbonyl (C=O) groups excluding carboxylic acids is 1. The van der Waals surface area contributed by atoms with Crippen LogP contribution in [0.2, 0.25) is 0 Å². The third-order valence-corrected chi connectivity index (χ3v) is 3.61. The number of hydrogen-bond donors (Lipinski definition) is 0. The van der Waals surface area contributed by atoms with Gasteiger partial charge in [-0.1, -0.05) is 12.1 Å². The summed E-state index contributed by atoms with van der Waals surface area (Å²) in [6.07, 6.45) is 0. The van der Waals surface area contributed by atoms with Gasteiger partial charge < -0.3 is 19.1 Å². The summed E-state index contributed by atoms with van der Waals surface area (Å²) < 4.78 is 10.3. The summed E-state index contributed by atoms with van der Waals surface area (Å²) in [5, 5.41) is 3.66. The molecule has 1 aliphatic rings. The summed E-state index contributed by atoms with van der Waals surface area (Å²) in [4.78, 5) is 20.1. The van der Waals surface area contributed by atoms with Crippen molar-refractivity contribution in [1.82, 2.24) is 19.9 Å². The van der Waals surface area contributed by atoms with Crippen LogP contribution in [-0.2, 0) is 16.1 Å². The smallest absolute Gasteiger partial charge is 0.252 e. The van der Waals surface area contributed by atoms with Gasteiger partial charge in [-0.2, -0.15) is 4.98 Å². The lowest BCUT2D eigenvalue weighted by Gasteiger charge is -2.22. The molecule has 0 aliphatic carbocycles. The van der Waals surface area contributed by atoms with E-state index in [4.69, 9.17) is 9.26 Å². The molecule has 20 heavy (non-hydrogen) atoms. The average molecular weight is 282 g/mol. The average Bonchev–Trinajstić information content (AvgIpc) is 2.95. The minimum absolute atomic E-state index is 0.0115. The SMILES string of the molecule is Cc1noc(COCC(=O)N2CC(C)C(N(C)C)C2)n1. The van der Waals surface area contributed by atoms with Gasteiger partial charge in [-0.3, -0.25) is 4.79 Å². The molecule has 1 aromatic rings. The standard InChI is InChI=1S/C13H22N4O3/c1-9-5-17(6-11(9)16(3)4)13(18)8-19-7-12-14-10(2)15-20-12/h9,11H,5-8H2,1-4H3. The number of amides is 1. The molecule has 0 radical (unpaired) electrons. The van der Waals surface area contributed by atoms with Gasteiger partial charge >= 0.3 is 0 Å². The zero-order valence-corrected chi connectivity index (χ0v) is 12.5. The van der Waals surface area contributed by atoms with Crippen LogP contribution >= 0.6 is 0 Å². The molecule has 2 atom stereocenters. The number of ether oxygens (including phenoxy) is 1. The minimum Gasteiger partial charge on any atom is -0.362 e. The fourth-order valence-corrected chi connectivity index (χ4v) is 2.54. The van der Waals surface area contributed by atoms with Gasteiger partial charge in [0.25, 0.3) is 5.89 Å². The van der Waals surface area contributed by atoms with E-state index in [9.17, 15) is 4.79 Å². The van der Waals surface area contributed by atoms with Gasteiger partial charge in [0.2, 0.25) is 5.91 Å². The quantitative estimate of drug-likeness (QED) is 0.773. The fourth-order valence-electron chi connectivity index (χ4n) is 2.54. The Morgan fingerprint density at radius 3 is 2.80 bits per heavy atom. The van der Waals surface area contributed by atoms with Crippen LogP contribution in [0.25, 0.3) is 0 Å². The van der Waals surface area contributed by atoms with Crippen LogP contribution in [0.5, 0.6) is 0 Å². The van der Waals surface area contributed by atoms with Gasteiger partial charge in [0.05, 0.1) is 0 Å². The zero-order valence-electron chi connectivity index (χ0n) is 12.5. The first-order valence-corrected chi connectivity index (χ1v) is 6.78. The second kappa shape index (κ2) is 6.32. The molecule has 2 heterocycles. The van der Waals surface area contributed by atoms with E-state index in [2.05, 4.69) is 22.0 Å². The summed E-state index contributed by atoms with van der Waals surface area (Å²) in [7, 11) is 4.09. The molecule has 2 unspecified atom stereocenters. The minimum atomic E-state index is 0.0115. The van der Waals surface area contributed by atoms with Gasteiger partial charge in [0.1, 0.15) is 13.2 Å². The number of aryl methyl sites for hydroxylation is 1. The van der Waals surface area contributed by atoms with Crippen molar-refractivity contribution < 1.29 is 14.1 Å². The van der Waals surface area contributed by atoms with Crippen molar-refractivity contribution in [3.63, 3.8) is 0 Å². The Kier molecular flexibility index (Phi) is 4.72. The number of hydrogen-bond acceptors (Lipinski definition) is 6. The second-order valence-electron chi connectivity index (χ2n) is 5.54. The molecule has 0 N–H and O–H groups in total. The van der Waals surface area contributed by atoms with Crippen LogP contribution in [0.15, 0.2) is 4.52 Å². The van der Waals surface area contributed by atoms with Crippen molar-refractivity contribution in [2.75, 3.05) is 33.8 Å². The maximum absolute atomic E-state index is 12.1. The summed E-state index contributed by atoms with van der Waals surface area (Å²) in [6.45, 7) is 5.67. The molecule has 0 saturated carbocycles. The van der Waals surface area contributed by atoms with Crippen LogP contribution in [-0.4, -0.2) is 65.7 Å². The topological polar surface area (TPSA) is 71.7 Å². The lowest BCUT2D eigenvalue weighted by atomic mass is 10.1. The molecular weight excluding hydrogens is 260 g/mol. The number of likely N-dealkylation sites (tertiary alicyclic amines) is 1. The van der Waals surface area contributed by atoms with Crippen molar-refractivity contribution in [2.24, 2.45) is 5.92 Å². The third kappa shape index (κ3) is 3.55. The van der Waals surface area contributed by atoms with E-state index < -0.39 is 0 Å². The van der Waals surface area contributed by atoms with Crippen LogP contribution in [0.4, 0.5) is 0 Å². The van der Waals surface area contributed by atoms with E-state index in [0.29, 0.717) is 23.7 Å². The van der Waals surface area contributed by atoms with Crippen molar-refractivity contribution in [1.29, 1.82) is 0 Å². The third-order valence-electron chi connectivity index (χ3n) is 3.61. The van der Waals surface area contributed by atoms with E-state index in [0.717, 1.165) is 13.1 Å². The summed E-state index contributed by atoms with van der Waals surface area (Å²) in [5.74, 6) is 1.46. The highest BCUT2D eigenvalue weighted by atomic mass is 16.5. The number of nitrogens with zero attached hydrogens (tertiary/aromatic N) is 4. The summed E-state index contributed by atoms with van der Waals surface area (Å²) in [5.41, 5.74) is 0. The Hall–Kier alpha value is -1.47. The van der Waals surface area contributed by atoms with Crippen molar-refractivity contribution >= 4 is 5.91 Å². The first-order valence-electron chi connectivity index (χ1n) is 6.78. The van der Waals surface area contributed by atoms with Crippen LogP contribution in [0.3, 0.4) is 0 Å². The fraction of sp³-hybridized carbons (Fsp3) is 0.769. The normalized spacial score (nSPS) is 22.8. The molecular formula is C13H22N4O3. The van der Waals surface area contributed by atoms with E-state index in [1.165, 1.54) is 0 Å². The molecule has 0 spiro atoms. The Labute approximate surface area is 118 Å². The zero-order chi connectivity index (χ0) is 14.7. The molecule has 1 aromatic heterocycles.